The topological polar surface area (TPSA) is 62.0 Å². The zero-order valence-corrected chi connectivity index (χ0v) is 14.2. The lowest BCUT2D eigenvalue weighted by Gasteiger charge is -2.06. The number of hydrogen-bond acceptors (Lipinski definition) is 2. The summed E-state index contributed by atoms with van der Waals surface area (Å²) >= 11 is 6.04. The maximum atomic E-state index is 12.9. The molecule has 3 rings (SSSR count). The van der Waals surface area contributed by atoms with Crippen molar-refractivity contribution in [2.24, 2.45) is 0 Å². The number of hydrogen-bond donors (Lipinski definition) is 2. The van der Waals surface area contributed by atoms with Crippen LogP contribution in [0.4, 0.5) is 5.69 Å². The van der Waals surface area contributed by atoms with Gasteiger partial charge in [0.05, 0.1) is 5.69 Å². The standard InChI is InChI=1S/C19H17ClN2O2/c1-3-16(23)22-17-14-8-7-13(20)10-15(14)21-18(17)19(24)12-6-4-5-11(2)9-12/h4-10,21H,3H2,1-2H3,(H,22,23). The van der Waals surface area contributed by atoms with E-state index >= 15 is 0 Å². The van der Waals surface area contributed by atoms with Gasteiger partial charge >= 0.3 is 0 Å². The number of benzene rings is 2. The predicted octanol–water partition coefficient (Wildman–Crippen LogP) is 4.71. The van der Waals surface area contributed by atoms with E-state index in [2.05, 4.69) is 10.3 Å². The summed E-state index contributed by atoms with van der Waals surface area (Å²) in [6.07, 6.45) is 0.332. The Bertz CT molecular complexity index is 944. The van der Waals surface area contributed by atoms with Crippen LogP contribution in [-0.2, 0) is 4.79 Å². The Hall–Kier alpha value is -2.59. The van der Waals surface area contributed by atoms with E-state index in [4.69, 9.17) is 11.6 Å². The second kappa shape index (κ2) is 6.49. The maximum absolute atomic E-state index is 12.9. The molecule has 0 bridgehead atoms. The molecule has 1 amide bonds. The molecule has 1 aromatic heterocycles. The van der Waals surface area contributed by atoms with Crippen LogP contribution in [0.15, 0.2) is 42.5 Å². The molecule has 5 heteroatoms. The number of carbonyl (C=O) groups is 2. The highest BCUT2D eigenvalue weighted by molar-refractivity contribution is 6.31. The molecule has 24 heavy (non-hydrogen) atoms. The van der Waals surface area contributed by atoms with Crippen molar-refractivity contribution in [1.29, 1.82) is 0 Å². The Labute approximate surface area is 144 Å². The number of rotatable bonds is 4. The number of amides is 1. The van der Waals surface area contributed by atoms with Crippen molar-refractivity contribution in [1.82, 2.24) is 4.98 Å². The van der Waals surface area contributed by atoms with Crippen LogP contribution < -0.4 is 5.32 Å². The van der Waals surface area contributed by atoms with Crippen LogP contribution in [0.2, 0.25) is 5.02 Å². The minimum absolute atomic E-state index is 0.149. The first-order chi connectivity index (χ1) is 11.5. The van der Waals surface area contributed by atoms with Crippen molar-refractivity contribution in [3.63, 3.8) is 0 Å². The number of aromatic amines is 1. The highest BCUT2D eigenvalue weighted by Crippen LogP contribution is 2.31. The second-order valence-corrected chi connectivity index (χ2v) is 6.10. The first-order valence-corrected chi connectivity index (χ1v) is 8.10. The summed E-state index contributed by atoms with van der Waals surface area (Å²) in [6, 6.07) is 12.6. The van der Waals surface area contributed by atoms with Gasteiger partial charge in [-0.25, -0.2) is 0 Å². The highest BCUT2D eigenvalue weighted by atomic mass is 35.5. The molecular weight excluding hydrogens is 324 g/mol. The molecule has 0 aliphatic heterocycles. The molecule has 1 heterocycles. The Morgan fingerprint density at radius 2 is 1.96 bits per heavy atom. The Balaban J connectivity index is 2.16. The van der Waals surface area contributed by atoms with E-state index < -0.39 is 0 Å². The monoisotopic (exact) mass is 340 g/mol. The molecule has 0 atom stereocenters. The van der Waals surface area contributed by atoms with Crippen LogP contribution in [0.5, 0.6) is 0 Å². The number of halogens is 1. The molecule has 3 aromatic rings. The summed E-state index contributed by atoms with van der Waals surface area (Å²) in [4.78, 5) is 27.9. The third-order valence-corrected chi connectivity index (χ3v) is 4.09. The molecule has 0 spiro atoms. The van der Waals surface area contributed by atoms with Crippen LogP contribution in [0.1, 0.15) is 35.0 Å². The SMILES string of the molecule is CCC(=O)Nc1c(C(=O)c2cccc(C)c2)[nH]c2cc(Cl)ccc12. The molecule has 0 aliphatic carbocycles. The fraction of sp³-hybridized carbons (Fsp3) is 0.158. The second-order valence-electron chi connectivity index (χ2n) is 5.67. The zero-order valence-electron chi connectivity index (χ0n) is 13.4. The first-order valence-electron chi connectivity index (χ1n) is 7.72. The number of ketones is 1. The highest BCUT2D eigenvalue weighted by Gasteiger charge is 2.20. The van der Waals surface area contributed by atoms with Gasteiger partial charge in [0.15, 0.2) is 0 Å². The van der Waals surface area contributed by atoms with Crippen LogP contribution in [0, 0.1) is 6.92 Å². The van der Waals surface area contributed by atoms with Crippen LogP contribution >= 0.6 is 11.6 Å². The van der Waals surface area contributed by atoms with Gasteiger partial charge in [-0.3, -0.25) is 9.59 Å². The van der Waals surface area contributed by atoms with Gasteiger partial charge in [-0.15, -0.1) is 0 Å². The lowest BCUT2D eigenvalue weighted by Crippen LogP contribution is -2.13. The fourth-order valence-electron chi connectivity index (χ4n) is 2.63. The van der Waals surface area contributed by atoms with Gasteiger partial charge in [-0.1, -0.05) is 42.3 Å². The minimum Gasteiger partial charge on any atom is -0.350 e. The van der Waals surface area contributed by atoms with E-state index in [1.54, 1.807) is 31.2 Å². The van der Waals surface area contributed by atoms with E-state index in [0.29, 0.717) is 33.9 Å². The average molecular weight is 341 g/mol. The summed E-state index contributed by atoms with van der Waals surface area (Å²) < 4.78 is 0. The lowest BCUT2D eigenvalue weighted by atomic mass is 10.0. The number of aryl methyl sites for hydroxylation is 1. The van der Waals surface area contributed by atoms with Crippen molar-refractivity contribution in [3.8, 4) is 0 Å². The number of anilines is 1. The van der Waals surface area contributed by atoms with Gasteiger partial charge in [0.25, 0.3) is 0 Å². The molecule has 2 aromatic carbocycles. The van der Waals surface area contributed by atoms with Crippen LogP contribution in [0.3, 0.4) is 0 Å². The molecule has 0 aliphatic rings. The van der Waals surface area contributed by atoms with Gasteiger partial charge in [0.1, 0.15) is 5.69 Å². The van der Waals surface area contributed by atoms with E-state index in [9.17, 15) is 9.59 Å². The summed E-state index contributed by atoms with van der Waals surface area (Å²) in [5.41, 5.74) is 3.14. The van der Waals surface area contributed by atoms with Crippen molar-refractivity contribution in [2.75, 3.05) is 5.32 Å². The minimum atomic E-state index is -0.169. The Morgan fingerprint density at radius 1 is 1.17 bits per heavy atom. The van der Waals surface area contributed by atoms with E-state index in [0.717, 1.165) is 10.9 Å². The number of carbonyl (C=O) groups excluding carboxylic acids is 2. The maximum Gasteiger partial charge on any atom is 0.224 e. The van der Waals surface area contributed by atoms with Crippen LogP contribution in [0.25, 0.3) is 10.9 Å². The molecule has 4 nitrogen and oxygen atoms in total. The zero-order chi connectivity index (χ0) is 17.3. The number of aromatic nitrogens is 1. The van der Waals surface area contributed by atoms with Crippen LogP contribution in [-0.4, -0.2) is 16.7 Å². The van der Waals surface area contributed by atoms with Gasteiger partial charge in [0.2, 0.25) is 11.7 Å². The molecule has 0 unspecified atom stereocenters. The quantitative estimate of drug-likeness (QED) is 0.676. The molecular formula is C19H17ClN2O2. The smallest absolute Gasteiger partial charge is 0.224 e. The van der Waals surface area contributed by atoms with Crippen molar-refractivity contribution in [3.05, 3.63) is 64.3 Å². The van der Waals surface area contributed by atoms with Gasteiger partial charge < -0.3 is 10.3 Å². The first kappa shape index (κ1) is 16.3. The number of nitrogens with one attached hydrogen (secondary N) is 2. The lowest BCUT2D eigenvalue weighted by molar-refractivity contribution is -0.115. The molecule has 0 saturated carbocycles. The van der Waals surface area contributed by atoms with Gasteiger partial charge in [0, 0.05) is 27.9 Å². The summed E-state index contributed by atoms with van der Waals surface area (Å²) in [5.74, 6) is -0.318. The average Bonchev–Trinajstić information content (AvgIpc) is 2.91. The summed E-state index contributed by atoms with van der Waals surface area (Å²) in [6.45, 7) is 3.70. The van der Waals surface area contributed by atoms with E-state index in [1.165, 1.54) is 0 Å². The predicted molar refractivity (Wildman–Crippen MR) is 96.8 cm³/mol. The van der Waals surface area contributed by atoms with Crippen molar-refractivity contribution >= 4 is 39.9 Å². The van der Waals surface area contributed by atoms with E-state index in [1.807, 2.05) is 25.1 Å². The molecule has 0 fully saturated rings. The molecule has 2 N–H and O–H groups in total. The van der Waals surface area contributed by atoms with Gasteiger partial charge in [-0.05, 0) is 31.2 Å². The molecule has 122 valence electrons. The molecule has 0 radical (unpaired) electrons. The number of fused-ring (bicyclic) bond motifs is 1. The molecule has 0 saturated heterocycles. The van der Waals surface area contributed by atoms with Gasteiger partial charge in [-0.2, -0.15) is 0 Å². The fourth-order valence-corrected chi connectivity index (χ4v) is 2.80. The third kappa shape index (κ3) is 3.05. The Morgan fingerprint density at radius 3 is 2.67 bits per heavy atom. The van der Waals surface area contributed by atoms with Crippen molar-refractivity contribution in [2.45, 2.75) is 20.3 Å². The third-order valence-electron chi connectivity index (χ3n) is 3.85. The summed E-state index contributed by atoms with van der Waals surface area (Å²) in [7, 11) is 0. The summed E-state index contributed by atoms with van der Waals surface area (Å²) in [5, 5.41) is 4.16. The number of H-pyrrole nitrogens is 1. The largest absolute Gasteiger partial charge is 0.350 e. The Kier molecular flexibility index (Phi) is 4.40. The van der Waals surface area contributed by atoms with Crippen molar-refractivity contribution < 1.29 is 9.59 Å². The normalized spacial score (nSPS) is 10.8. The van der Waals surface area contributed by atoms with E-state index in [-0.39, 0.29) is 11.7 Å².